The van der Waals surface area contributed by atoms with Gasteiger partial charge in [0.2, 0.25) is 11.7 Å². The lowest BCUT2D eigenvalue weighted by Gasteiger charge is -2.05. The van der Waals surface area contributed by atoms with Gasteiger partial charge in [0.1, 0.15) is 6.10 Å². The summed E-state index contributed by atoms with van der Waals surface area (Å²) >= 11 is 0. The molecule has 0 spiro atoms. The molecule has 0 saturated carbocycles. The Morgan fingerprint density at radius 3 is 2.86 bits per heavy atom. The van der Waals surface area contributed by atoms with E-state index >= 15 is 0 Å². The topological polar surface area (TPSA) is 60.2 Å². The number of hydrogen-bond acceptors (Lipinski definition) is 5. The fraction of sp³-hybridized carbons (Fsp3) is 0.778. The first-order valence-corrected chi connectivity index (χ1v) is 4.87. The van der Waals surface area contributed by atoms with Gasteiger partial charge in [-0.25, -0.2) is 0 Å². The lowest BCUT2D eigenvalue weighted by Crippen LogP contribution is -2.12. The van der Waals surface area contributed by atoms with Gasteiger partial charge in [-0.05, 0) is 13.0 Å². The zero-order valence-electron chi connectivity index (χ0n) is 8.91. The lowest BCUT2D eigenvalue weighted by atomic mass is 10.3. The predicted molar refractivity (Wildman–Crippen MR) is 51.7 cm³/mol. The molecule has 0 aliphatic rings. The van der Waals surface area contributed by atoms with E-state index in [0.29, 0.717) is 18.3 Å². The van der Waals surface area contributed by atoms with Crippen LogP contribution in [-0.2, 0) is 11.3 Å². The van der Waals surface area contributed by atoms with Crippen LogP contribution in [0.5, 0.6) is 0 Å². The van der Waals surface area contributed by atoms with Crippen molar-refractivity contribution >= 4 is 0 Å². The normalized spacial score (nSPS) is 13.1. The van der Waals surface area contributed by atoms with Crippen LogP contribution < -0.4 is 5.32 Å². The first kappa shape index (κ1) is 11.1. The van der Waals surface area contributed by atoms with Crippen molar-refractivity contribution in [3.05, 3.63) is 11.7 Å². The number of methoxy groups -OCH3 is 1. The molecule has 1 atom stereocenters. The fourth-order valence-corrected chi connectivity index (χ4v) is 1.16. The number of hydrogen-bond donors (Lipinski definition) is 1. The highest BCUT2D eigenvalue weighted by Crippen LogP contribution is 2.16. The molecule has 0 fully saturated rings. The molecule has 1 aromatic heterocycles. The van der Waals surface area contributed by atoms with Gasteiger partial charge < -0.3 is 14.6 Å². The predicted octanol–water partition coefficient (Wildman–Crippen LogP) is 1.28. The summed E-state index contributed by atoms with van der Waals surface area (Å²) in [6, 6.07) is 0. The van der Waals surface area contributed by atoms with Crippen LogP contribution in [0.1, 0.15) is 38.1 Å². The van der Waals surface area contributed by atoms with Gasteiger partial charge in [0.25, 0.3) is 0 Å². The van der Waals surface area contributed by atoms with E-state index in [9.17, 15) is 0 Å². The van der Waals surface area contributed by atoms with E-state index in [4.69, 9.17) is 9.26 Å². The summed E-state index contributed by atoms with van der Waals surface area (Å²) in [5.41, 5.74) is 0. The molecule has 0 amide bonds. The Kier molecular flexibility index (Phi) is 4.55. The number of rotatable bonds is 6. The molecule has 14 heavy (non-hydrogen) atoms. The van der Waals surface area contributed by atoms with E-state index in [2.05, 4.69) is 15.5 Å². The minimum absolute atomic E-state index is 0.0610. The Balaban J connectivity index is 2.57. The summed E-state index contributed by atoms with van der Waals surface area (Å²) in [5.74, 6) is 1.24. The van der Waals surface area contributed by atoms with Gasteiger partial charge in [0, 0.05) is 7.11 Å². The lowest BCUT2D eigenvalue weighted by molar-refractivity contribution is 0.0903. The van der Waals surface area contributed by atoms with E-state index in [-0.39, 0.29) is 6.10 Å². The van der Waals surface area contributed by atoms with Crippen LogP contribution in [-0.4, -0.2) is 23.8 Å². The third kappa shape index (κ3) is 2.78. The molecule has 5 heteroatoms. The van der Waals surface area contributed by atoms with Crippen molar-refractivity contribution in [2.24, 2.45) is 0 Å². The second-order valence-corrected chi connectivity index (χ2v) is 2.96. The molecule has 0 aliphatic heterocycles. The molecule has 0 aromatic carbocycles. The van der Waals surface area contributed by atoms with Crippen LogP contribution in [0, 0.1) is 0 Å². The van der Waals surface area contributed by atoms with Crippen molar-refractivity contribution in [2.75, 3.05) is 13.7 Å². The SMILES string of the molecule is CCNCc1nc(C(CC)OC)no1. The van der Waals surface area contributed by atoms with Gasteiger partial charge in [-0.3, -0.25) is 0 Å². The van der Waals surface area contributed by atoms with E-state index in [0.717, 1.165) is 13.0 Å². The highest BCUT2D eigenvalue weighted by Gasteiger charge is 2.15. The van der Waals surface area contributed by atoms with Crippen molar-refractivity contribution in [2.45, 2.75) is 32.9 Å². The van der Waals surface area contributed by atoms with Gasteiger partial charge in [-0.15, -0.1) is 0 Å². The summed E-state index contributed by atoms with van der Waals surface area (Å²) in [5, 5.41) is 6.98. The summed E-state index contributed by atoms with van der Waals surface area (Å²) in [6.07, 6.45) is 0.783. The Bertz CT molecular complexity index is 258. The minimum Gasteiger partial charge on any atom is -0.373 e. The zero-order valence-corrected chi connectivity index (χ0v) is 8.91. The van der Waals surface area contributed by atoms with Crippen molar-refractivity contribution < 1.29 is 9.26 Å². The quantitative estimate of drug-likeness (QED) is 0.747. The van der Waals surface area contributed by atoms with E-state index in [1.54, 1.807) is 7.11 Å². The van der Waals surface area contributed by atoms with Gasteiger partial charge in [0.05, 0.1) is 6.54 Å². The van der Waals surface area contributed by atoms with E-state index < -0.39 is 0 Å². The molecule has 1 N–H and O–H groups in total. The molecule has 5 nitrogen and oxygen atoms in total. The first-order valence-electron chi connectivity index (χ1n) is 4.87. The van der Waals surface area contributed by atoms with Crippen LogP contribution in [0.2, 0.25) is 0 Å². The van der Waals surface area contributed by atoms with Crippen LogP contribution >= 0.6 is 0 Å². The molecule has 1 rings (SSSR count). The molecule has 80 valence electrons. The molecule has 0 aliphatic carbocycles. The van der Waals surface area contributed by atoms with Crippen LogP contribution in [0.3, 0.4) is 0 Å². The largest absolute Gasteiger partial charge is 0.373 e. The fourth-order valence-electron chi connectivity index (χ4n) is 1.16. The third-order valence-corrected chi connectivity index (χ3v) is 1.95. The molecule has 1 unspecified atom stereocenters. The maximum absolute atomic E-state index is 5.20. The summed E-state index contributed by atoms with van der Waals surface area (Å²) < 4.78 is 10.2. The average molecular weight is 199 g/mol. The Hall–Kier alpha value is -0.940. The number of nitrogens with one attached hydrogen (secondary N) is 1. The van der Waals surface area contributed by atoms with Gasteiger partial charge in [0.15, 0.2) is 0 Å². The summed E-state index contributed by atoms with van der Waals surface area (Å²) in [6.45, 7) is 5.55. The van der Waals surface area contributed by atoms with Gasteiger partial charge in [-0.1, -0.05) is 19.0 Å². The summed E-state index contributed by atoms with van der Waals surface area (Å²) in [7, 11) is 1.65. The average Bonchev–Trinajstić information content (AvgIpc) is 2.65. The molecule has 1 aromatic rings. The van der Waals surface area contributed by atoms with E-state index in [1.807, 2.05) is 13.8 Å². The molecule has 1 heterocycles. The Morgan fingerprint density at radius 1 is 1.50 bits per heavy atom. The minimum atomic E-state index is -0.0610. The maximum Gasteiger partial charge on any atom is 0.240 e. The Morgan fingerprint density at radius 2 is 2.29 bits per heavy atom. The standard InChI is InChI=1S/C9H17N3O2/c1-4-7(13-3)9-11-8(14-12-9)6-10-5-2/h7,10H,4-6H2,1-3H3. The highest BCUT2D eigenvalue weighted by atomic mass is 16.5. The number of nitrogens with zero attached hydrogens (tertiary/aromatic N) is 2. The molecule has 0 saturated heterocycles. The second-order valence-electron chi connectivity index (χ2n) is 2.96. The highest BCUT2D eigenvalue weighted by molar-refractivity contribution is 4.90. The van der Waals surface area contributed by atoms with Gasteiger partial charge in [-0.2, -0.15) is 4.98 Å². The second kappa shape index (κ2) is 5.72. The van der Waals surface area contributed by atoms with Crippen LogP contribution in [0.15, 0.2) is 4.52 Å². The smallest absolute Gasteiger partial charge is 0.240 e. The molecular formula is C9H17N3O2. The monoisotopic (exact) mass is 199 g/mol. The first-order chi connectivity index (χ1) is 6.81. The van der Waals surface area contributed by atoms with Crippen LogP contribution in [0.4, 0.5) is 0 Å². The van der Waals surface area contributed by atoms with Crippen molar-refractivity contribution in [3.63, 3.8) is 0 Å². The van der Waals surface area contributed by atoms with Crippen molar-refractivity contribution in [1.29, 1.82) is 0 Å². The number of aromatic nitrogens is 2. The van der Waals surface area contributed by atoms with E-state index in [1.165, 1.54) is 0 Å². The molecular weight excluding hydrogens is 182 g/mol. The summed E-state index contributed by atoms with van der Waals surface area (Å²) in [4.78, 5) is 4.22. The number of ether oxygens (including phenoxy) is 1. The molecule has 0 bridgehead atoms. The molecule has 0 radical (unpaired) electrons. The van der Waals surface area contributed by atoms with Crippen LogP contribution in [0.25, 0.3) is 0 Å². The van der Waals surface area contributed by atoms with Crippen molar-refractivity contribution in [1.82, 2.24) is 15.5 Å². The zero-order chi connectivity index (χ0) is 10.4. The van der Waals surface area contributed by atoms with Crippen molar-refractivity contribution in [3.8, 4) is 0 Å². The maximum atomic E-state index is 5.20. The van der Waals surface area contributed by atoms with Gasteiger partial charge >= 0.3 is 0 Å². The third-order valence-electron chi connectivity index (χ3n) is 1.95. The Labute approximate surface area is 83.8 Å².